The molecule has 1 N–H and O–H groups in total. The Kier molecular flexibility index (Phi) is 5.27. The van der Waals surface area contributed by atoms with Crippen molar-refractivity contribution in [2.24, 2.45) is 0 Å². The number of carbonyl (C=O) groups excluding carboxylic acids is 1. The van der Waals surface area contributed by atoms with Gasteiger partial charge in [-0.3, -0.25) is 0 Å². The standard InChI is InChI=1S/C14H19NO2/c1-4-11-7-6-8-12(5-2)14(11)15-10-9-13(16)17-3/h6-10,15H,4-5H2,1-3H3/b10-9+. The Morgan fingerprint density at radius 2 is 1.88 bits per heavy atom. The molecule has 0 radical (unpaired) electrons. The molecule has 0 saturated carbocycles. The van der Waals surface area contributed by atoms with Crippen molar-refractivity contribution in [3.8, 4) is 0 Å². The summed E-state index contributed by atoms with van der Waals surface area (Å²) >= 11 is 0. The number of aryl methyl sites for hydroxylation is 2. The van der Waals surface area contributed by atoms with Crippen molar-refractivity contribution in [2.45, 2.75) is 26.7 Å². The number of hydrogen-bond acceptors (Lipinski definition) is 3. The SMILES string of the molecule is CCc1cccc(CC)c1N/C=C/C(=O)OC. The summed E-state index contributed by atoms with van der Waals surface area (Å²) in [4.78, 5) is 11.0. The number of carbonyl (C=O) groups is 1. The summed E-state index contributed by atoms with van der Waals surface area (Å²) < 4.78 is 4.54. The normalized spacial score (nSPS) is 10.5. The summed E-state index contributed by atoms with van der Waals surface area (Å²) in [6.07, 6.45) is 4.93. The van der Waals surface area contributed by atoms with Crippen LogP contribution < -0.4 is 5.32 Å². The van der Waals surface area contributed by atoms with E-state index < -0.39 is 0 Å². The van der Waals surface area contributed by atoms with E-state index in [1.807, 2.05) is 0 Å². The van der Waals surface area contributed by atoms with Gasteiger partial charge in [0.1, 0.15) is 0 Å². The van der Waals surface area contributed by atoms with E-state index in [4.69, 9.17) is 0 Å². The fourth-order valence-corrected chi connectivity index (χ4v) is 1.69. The fourth-order valence-electron chi connectivity index (χ4n) is 1.69. The summed E-state index contributed by atoms with van der Waals surface area (Å²) in [6.45, 7) is 4.23. The first-order valence-electron chi connectivity index (χ1n) is 5.84. The van der Waals surface area contributed by atoms with E-state index in [1.54, 1.807) is 6.20 Å². The second-order valence-electron chi connectivity index (χ2n) is 3.66. The van der Waals surface area contributed by atoms with Crippen LogP contribution in [0.5, 0.6) is 0 Å². The average molecular weight is 233 g/mol. The first kappa shape index (κ1) is 13.3. The van der Waals surface area contributed by atoms with Crippen molar-refractivity contribution in [2.75, 3.05) is 12.4 Å². The lowest BCUT2D eigenvalue weighted by Crippen LogP contribution is -2.01. The van der Waals surface area contributed by atoms with Gasteiger partial charge in [-0.05, 0) is 24.0 Å². The molecule has 1 rings (SSSR count). The van der Waals surface area contributed by atoms with Crippen LogP contribution in [0.15, 0.2) is 30.5 Å². The predicted octanol–water partition coefficient (Wildman–Crippen LogP) is 2.91. The van der Waals surface area contributed by atoms with Gasteiger partial charge in [0.25, 0.3) is 0 Å². The van der Waals surface area contributed by atoms with Crippen LogP contribution in [0.25, 0.3) is 0 Å². The fraction of sp³-hybridized carbons (Fsp3) is 0.357. The summed E-state index contributed by atoms with van der Waals surface area (Å²) in [5.74, 6) is -0.357. The maximum absolute atomic E-state index is 11.0. The molecule has 0 saturated heterocycles. The molecule has 0 atom stereocenters. The molecule has 0 fully saturated rings. The van der Waals surface area contributed by atoms with Crippen molar-refractivity contribution in [3.63, 3.8) is 0 Å². The molecule has 0 heterocycles. The molecule has 0 aliphatic rings. The lowest BCUT2D eigenvalue weighted by Gasteiger charge is -2.12. The molecule has 0 bridgehead atoms. The monoisotopic (exact) mass is 233 g/mol. The number of benzene rings is 1. The van der Waals surface area contributed by atoms with E-state index in [2.05, 4.69) is 42.1 Å². The zero-order chi connectivity index (χ0) is 12.7. The van der Waals surface area contributed by atoms with Crippen LogP contribution in [0.2, 0.25) is 0 Å². The van der Waals surface area contributed by atoms with Gasteiger partial charge in [0.15, 0.2) is 0 Å². The van der Waals surface area contributed by atoms with Crippen LogP contribution in [-0.2, 0) is 22.4 Å². The second kappa shape index (κ2) is 6.74. The third-order valence-corrected chi connectivity index (χ3v) is 2.65. The molecule has 0 amide bonds. The summed E-state index contributed by atoms with van der Waals surface area (Å²) in [5, 5.41) is 3.17. The molecule has 0 aliphatic carbocycles. The molecule has 3 heteroatoms. The van der Waals surface area contributed by atoms with Crippen LogP contribution >= 0.6 is 0 Å². The number of methoxy groups -OCH3 is 1. The molecule has 0 aliphatic heterocycles. The van der Waals surface area contributed by atoms with E-state index in [0.717, 1.165) is 18.5 Å². The largest absolute Gasteiger partial charge is 0.466 e. The maximum atomic E-state index is 11.0. The van der Waals surface area contributed by atoms with E-state index in [0.29, 0.717) is 0 Å². The van der Waals surface area contributed by atoms with Gasteiger partial charge >= 0.3 is 5.97 Å². The quantitative estimate of drug-likeness (QED) is 0.627. The molecular formula is C14H19NO2. The van der Waals surface area contributed by atoms with Gasteiger partial charge in [0, 0.05) is 18.0 Å². The second-order valence-corrected chi connectivity index (χ2v) is 3.66. The van der Waals surface area contributed by atoms with Crippen molar-refractivity contribution < 1.29 is 9.53 Å². The highest BCUT2D eigenvalue weighted by molar-refractivity contribution is 5.82. The Hall–Kier alpha value is -1.77. The third-order valence-electron chi connectivity index (χ3n) is 2.65. The zero-order valence-electron chi connectivity index (χ0n) is 10.6. The zero-order valence-corrected chi connectivity index (χ0v) is 10.6. The highest BCUT2D eigenvalue weighted by Gasteiger charge is 2.04. The Labute approximate surface area is 102 Å². The Morgan fingerprint density at radius 1 is 1.29 bits per heavy atom. The number of esters is 1. The number of hydrogen-bond donors (Lipinski definition) is 1. The van der Waals surface area contributed by atoms with Crippen LogP contribution in [0.1, 0.15) is 25.0 Å². The number of rotatable bonds is 5. The third kappa shape index (κ3) is 3.63. The minimum absolute atomic E-state index is 0.357. The molecule has 17 heavy (non-hydrogen) atoms. The average Bonchev–Trinajstić information content (AvgIpc) is 2.38. The van der Waals surface area contributed by atoms with Gasteiger partial charge in [-0.2, -0.15) is 0 Å². The van der Waals surface area contributed by atoms with E-state index >= 15 is 0 Å². The van der Waals surface area contributed by atoms with Crippen molar-refractivity contribution >= 4 is 11.7 Å². The molecule has 0 unspecified atom stereocenters. The summed E-state index contributed by atoms with van der Waals surface area (Å²) in [5.41, 5.74) is 3.59. The summed E-state index contributed by atoms with van der Waals surface area (Å²) in [6, 6.07) is 6.24. The molecule has 92 valence electrons. The topological polar surface area (TPSA) is 38.3 Å². The molecule has 3 nitrogen and oxygen atoms in total. The van der Waals surface area contributed by atoms with Gasteiger partial charge in [-0.25, -0.2) is 4.79 Å². The lowest BCUT2D eigenvalue weighted by molar-refractivity contribution is -0.134. The van der Waals surface area contributed by atoms with Gasteiger partial charge in [-0.15, -0.1) is 0 Å². The molecule has 0 aromatic heterocycles. The number of anilines is 1. The number of para-hydroxylation sites is 1. The smallest absolute Gasteiger partial charge is 0.331 e. The van der Waals surface area contributed by atoms with Crippen LogP contribution in [0.3, 0.4) is 0 Å². The van der Waals surface area contributed by atoms with Crippen LogP contribution in [-0.4, -0.2) is 13.1 Å². The molecule has 1 aromatic rings. The Balaban J connectivity index is 2.88. The predicted molar refractivity (Wildman–Crippen MR) is 70.0 cm³/mol. The first-order valence-corrected chi connectivity index (χ1v) is 5.84. The van der Waals surface area contributed by atoms with Gasteiger partial charge in [0.05, 0.1) is 7.11 Å². The van der Waals surface area contributed by atoms with Gasteiger partial charge in [-0.1, -0.05) is 32.0 Å². The van der Waals surface area contributed by atoms with E-state index in [9.17, 15) is 4.79 Å². The molecule has 1 aromatic carbocycles. The lowest BCUT2D eigenvalue weighted by atomic mass is 10.0. The van der Waals surface area contributed by atoms with Gasteiger partial charge < -0.3 is 10.1 Å². The maximum Gasteiger partial charge on any atom is 0.331 e. The van der Waals surface area contributed by atoms with Crippen molar-refractivity contribution in [1.82, 2.24) is 0 Å². The Morgan fingerprint density at radius 3 is 2.35 bits per heavy atom. The van der Waals surface area contributed by atoms with Crippen molar-refractivity contribution in [3.05, 3.63) is 41.6 Å². The van der Waals surface area contributed by atoms with E-state index in [1.165, 1.54) is 24.3 Å². The Bertz CT molecular complexity index is 388. The van der Waals surface area contributed by atoms with Gasteiger partial charge in [0.2, 0.25) is 0 Å². The minimum Gasteiger partial charge on any atom is -0.466 e. The minimum atomic E-state index is -0.357. The van der Waals surface area contributed by atoms with Crippen molar-refractivity contribution in [1.29, 1.82) is 0 Å². The molecular weight excluding hydrogens is 214 g/mol. The number of nitrogens with one attached hydrogen (secondary N) is 1. The van der Waals surface area contributed by atoms with Crippen LogP contribution in [0, 0.1) is 0 Å². The van der Waals surface area contributed by atoms with Crippen LogP contribution in [0.4, 0.5) is 5.69 Å². The highest BCUT2D eigenvalue weighted by atomic mass is 16.5. The molecule has 0 spiro atoms. The van der Waals surface area contributed by atoms with E-state index in [-0.39, 0.29) is 5.97 Å². The first-order chi connectivity index (χ1) is 8.22. The highest BCUT2D eigenvalue weighted by Crippen LogP contribution is 2.22. The summed E-state index contributed by atoms with van der Waals surface area (Å²) in [7, 11) is 1.37. The number of ether oxygens (including phenoxy) is 1.